The van der Waals surface area contributed by atoms with Crippen LogP contribution in [0.25, 0.3) is 10.9 Å². The van der Waals surface area contributed by atoms with Crippen molar-refractivity contribution in [2.24, 2.45) is 0 Å². The van der Waals surface area contributed by atoms with E-state index >= 15 is 0 Å². The van der Waals surface area contributed by atoms with Crippen molar-refractivity contribution in [2.75, 3.05) is 5.32 Å². The molecule has 0 radical (unpaired) electrons. The highest BCUT2D eigenvalue weighted by molar-refractivity contribution is 5.83. The highest BCUT2D eigenvalue weighted by Crippen LogP contribution is 2.18. The molecule has 0 saturated heterocycles. The van der Waals surface area contributed by atoms with Gasteiger partial charge in [-0.3, -0.25) is 0 Å². The summed E-state index contributed by atoms with van der Waals surface area (Å²) in [7, 11) is 0. The van der Waals surface area contributed by atoms with Gasteiger partial charge in [-0.15, -0.1) is 0 Å². The molecule has 23 heavy (non-hydrogen) atoms. The number of rotatable bonds is 6. The Bertz CT molecular complexity index is 703. The molecule has 2 aromatic rings. The lowest BCUT2D eigenvalue weighted by Crippen LogP contribution is -2.17. The van der Waals surface area contributed by atoms with E-state index in [1.54, 1.807) is 0 Å². The van der Waals surface area contributed by atoms with Crippen LogP contribution in [0, 0.1) is 0 Å². The number of benzene rings is 1. The number of fused-ring (bicyclic) bond motifs is 1. The second-order valence-electron chi connectivity index (χ2n) is 4.66. The Labute approximate surface area is 139 Å². The molecule has 0 bridgehead atoms. The van der Waals surface area contributed by atoms with Gasteiger partial charge in [-0.2, -0.15) is 0 Å². The van der Waals surface area contributed by atoms with Crippen LogP contribution in [0.4, 0.5) is 5.69 Å². The molecule has 3 N–H and O–H groups in total. The molecule has 1 aromatic carbocycles. The van der Waals surface area contributed by atoms with Crippen molar-refractivity contribution in [3.8, 4) is 0 Å². The molecule has 0 aliphatic rings. The molecule has 0 aliphatic heterocycles. The number of aromatic nitrogens is 1. The molecule has 122 valence electrons. The lowest BCUT2D eigenvalue weighted by molar-refractivity contribution is 1.02. The molecule has 0 aliphatic carbocycles. The van der Waals surface area contributed by atoms with Gasteiger partial charge in [-0.1, -0.05) is 44.7 Å². The standard InChI is InChI=1S/C18H21N3.C2H6/c1-4-6-8-16(7-5-2)20-14(3)21-17-10-9-15-11-12-19-18(15)13-17;1-2/h4-13,19-21H,3H2,1-2H3;1-2H3/b6-4-,7-5-,16-8+;. The molecule has 1 heterocycles. The zero-order valence-electron chi connectivity index (χ0n) is 14.5. The first-order valence-electron chi connectivity index (χ1n) is 7.98. The van der Waals surface area contributed by atoms with Gasteiger partial charge >= 0.3 is 0 Å². The molecule has 0 spiro atoms. The zero-order chi connectivity index (χ0) is 17.1. The summed E-state index contributed by atoms with van der Waals surface area (Å²) in [5.41, 5.74) is 3.08. The van der Waals surface area contributed by atoms with Gasteiger partial charge < -0.3 is 15.6 Å². The quantitative estimate of drug-likeness (QED) is 0.599. The second-order valence-corrected chi connectivity index (χ2v) is 4.66. The van der Waals surface area contributed by atoms with E-state index < -0.39 is 0 Å². The third kappa shape index (κ3) is 5.91. The molecule has 0 fully saturated rings. The summed E-state index contributed by atoms with van der Waals surface area (Å²) in [4.78, 5) is 3.20. The topological polar surface area (TPSA) is 39.8 Å². The van der Waals surface area contributed by atoms with Crippen LogP contribution in [0.15, 0.2) is 78.9 Å². The van der Waals surface area contributed by atoms with Crippen LogP contribution in [0.3, 0.4) is 0 Å². The van der Waals surface area contributed by atoms with Crippen LogP contribution in [0.2, 0.25) is 0 Å². The highest BCUT2D eigenvalue weighted by Gasteiger charge is 1.99. The van der Waals surface area contributed by atoms with Gasteiger partial charge in [0.25, 0.3) is 0 Å². The number of hydrogen-bond acceptors (Lipinski definition) is 2. The Morgan fingerprint density at radius 3 is 2.61 bits per heavy atom. The molecule has 1 aromatic heterocycles. The van der Waals surface area contributed by atoms with Crippen molar-refractivity contribution in [2.45, 2.75) is 27.7 Å². The maximum Gasteiger partial charge on any atom is 0.100 e. The average molecular weight is 309 g/mol. The molecule has 0 amide bonds. The summed E-state index contributed by atoms with van der Waals surface area (Å²) in [6, 6.07) is 8.22. The first kappa shape index (κ1) is 18.4. The lowest BCUT2D eigenvalue weighted by Gasteiger charge is -2.13. The van der Waals surface area contributed by atoms with Crippen LogP contribution in [0.5, 0.6) is 0 Å². The van der Waals surface area contributed by atoms with Crippen molar-refractivity contribution in [1.29, 1.82) is 0 Å². The van der Waals surface area contributed by atoms with Gasteiger partial charge in [0.05, 0.1) is 0 Å². The third-order valence-electron chi connectivity index (χ3n) is 2.96. The molecule has 3 heteroatoms. The fourth-order valence-corrected chi connectivity index (χ4v) is 2.02. The number of hydrogen-bond donors (Lipinski definition) is 3. The first-order valence-corrected chi connectivity index (χ1v) is 7.98. The zero-order valence-corrected chi connectivity index (χ0v) is 14.5. The molecule has 0 saturated carbocycles. The fourth-order valence-electron chi connectivity index (χ4n) is 2.02. The first-order chi connectivity index (χ1) is 11.2. The largest absolute Gasteiger partial charge is 0.361 e. The number of allylic oxidation sites excluding steroid dienone is 5. The lowest BCUT2D eigenvalue weighted by atomic mass is 10.2. The summed E-state index contributed by atoms with van der Waals surface area (Å²) >= 11 is 0. The summed E-state index contributed by atoms with van der Waals surface area (Å²) < 4.78 is 0. The van der Waals surface area contributed by atoms with Crippen molar-refractivity contribution in [3.63, 3.8) is 0 Å². The smallest absolute Gasteiger partial charge is 0.100 e. The van der Waals surface area contributed by atoms with Crippen LogP contribution >= 0.6 is 0 Å². The van der Waals surface area contributed by atoms with E-state index in [4.69, 9.17) is 0 Å². The van der Waals surface area contributed by atoms with E-state index in [2.05, 4.69) is 40.4 Å². The second kappa shape index (κ2) is 10.1. The van der Waals surface area contributed by atoms with E-state index in [1.807, 2.05) is 70.3 Å². The Hall–Kier alpha value is -2.68. The van der Waals surface area contributed by atoms with Crippen LogP contribution < -0.4 is 10.6 Å². The SMILES string of the molecule is C=C(NC(/C=C\C)=C/C=C\C)Nc1ccc2cc[nH]c2c1.CC. The van der Waals surface area contributed by atoms with Crippen molar-refractivity contribution in [1.82, 2.24) is 10.3 Å². The van der Waals surface area contributed by atoms with Crippen LogP contribution in [0.1, 0.15) is 27.7 Å². The highest BCUT2D eigenvalue weighted by atomic mass is 15.1. The molecule has 0 unspecified atom stereocenters. The predicted molar refractivity (Wildman–Crippen MR) is 103 cm³/mol. The van der Waals surface area contributed by atoms with E-state index in [-0.39, 0.29) is 0 Å². The van der Waals surface area contributed by atoms with Gasteiger partial charge in [0.2, 0.25) is 0 Å². The van der Waals surface area contributed by atoms with Gasteiger partial charge in [0.1, 0.15) is 5.82 Å². The van der Waals surface area contributed by atoms with E-state index in [1.165, 1.54) is 5.39 Å². The molecular weight excluding hydrogens is 282 g/mol. The molecule has 0 atom stereocenters. The minimum atomic E-state index is 0.731. The number of nitrogens with one attached hydrogen (secondary N) is 3. The summed E-state index contributed by atoms with van der Waals surface area (Å²) in [5, 5.41) is 7.71. The molecule has 3 nitrogen and oxygen atoms in total. The van der Waals surface area contributed by atoms with Crippen LogP contribution in [-0.2, 0) is 0 Å². The maximum atomic E-state index is 4.02. The Morgan fingerprint density at radius 1 is 1.13 bits per heavy atom. The summed E-state index contributed by atoms with van der Waals surface area (Å²) in [5.74, 6) is 0.731. The fraction of sp³-hybridized carbons (Fsp3) is 0.200. The van der Waals surface area contributed by atoms with Crippen molar-refractivity contribution < 1.29 is 0 Å². The normalized spacial score (nSPS) is 11.6. The number of aromatic amines is 1. The Balaban J connectivity index is 0.00000127. The number of H-pyrrole nitrogens is 1. The maximum absolute atomic E-state index is 4.02. The number of anilines is 1. The van der Waals surface area contributed by atoms with Gasteiger partial charge in [0, 0.05) is 23.1 Å². The third-order valence-corrected chi connectivity index (χ3v) is 2.96. The van der Waals surface area contributed by atoms with E-state index in [0.29, 0.717) is 0 Å². The summed E-state index contributed by atoms with van der Waals surface area (Å²) in [6.07, 6.45) is 11.9. The van der Waals surface area contributed by atoms with Gasteiger partial charge in [0.15, 0.2) is 0 Å². The van der Waals surface area contributed by atoms with Gasteiger partial charge in [-0.05, 0) is 49.6 Å². The average Bonchev–Trinajstić information content (AvgIpc) is 3.02. The molecule has 2 rings (SSSR count). The van der Waals surface area contributed by atoms with Gasteiger partial charge in [-0.25, -0.2) is 0 Å². The Morgan fingerprint density at radius 2 is 1.91 bits per heavy atom. The molecular formula is C20H27N3. The summed E-state index contributed by atoms with van der Waals surface area (Å²) in [6.45, 7) is 12.0. The van der Waals surface area contributed by atoms with Crippen LogP contribution in [-0.4, -0.2) is 4.98 Å². The predicted octanol–water partition coefficient (Wildman–Crippen LogP) is 5.70. The van der Waals surface area contributed by atoms with Crippen molar-refractivity contribution in [3.05, 3.63) is 78.9 Å². The Kier molecular flexibility index (Phi) is 8.08. The van der Waals surface area contributed by atoms with Crippen molar-refractivity contribution >= 4 is 16.6 Å². The minimum Gasteiger partial charge on any atom is -0.361 e. The van der Waals surface area contributed by atoms with E-state index in [0.717, 1.165) is 22.7 Å². The monoisotopic (exact) mass is 309 g/mol. The minimum absolute atomic E-state index is 0.731. The van der Waals surface area contributed by atoms with E-state index in [9.17, 15) is 0 Å².